The lowest BCUT2D eigenvalue weighted by Crippen LogP contribution is -1.99. The molecule has 3 rings (SSSR count). The highest BCUT2D eigenvalue weighted by Crippen LogP contribution is 2.30. The van der Waals surface area contributed by atoms with Crippen LogP contribution in [0.5, 0.6) is 0 Å². The van der Waals surface area contributed by atoms with E-state index in [2.05, 4.69) is 75.8 Å². The number of hydrogen-bond donors (Lipinski definition) is 1. The van der Waals surface area contributed by atoms with E-state index in [0.29, 0.717) is 0 Å². The first-order chi connectivity index (χ1) is 10.2. The molecule has 0 aliphatic carbocycles. The number of thioether (sulfide) groups is 1. The smallest absolute Gasteiger partial charge is 0.150 e. The number of aromatic nitrogens is 1. The molecule has 108 valence electrons. The Kier molecular flexibility index (Phi) is 4.52. The van der Waals surface area contributed by atoms with Gasteiger partial charge in [0, 0.05) is 16.7 Å². The first-order valence-electron chi connectivity index (χ1n) is 6.59. The van der Waals surface area contributed by atoms with Gasteiger partial charge in [-0.05, 0) is 48.6 Å². The van der Waals surface area contributed by atoms with Gasteiger partial charge in [0.15, 0.2) is 4.34 Å². The highest BCUT2D eigenvalue weighted by atomic mass is 79.9. The Balaban J connectivity index is 1.76. The van der Waals surface area contributed by atoms with Crippen LogP contribution in [0.15, 0.2) is 45.2 Å². The van der Waals surface area contributed by atoms with Crippen molar-refractivity contribution in [2.24, 2.45) is 0 Å². The van der Waals surface area contributed by atoms with Crippen LogP contribution in [0.3, 0.4) is 0 Å². The molecule has 0 spiro atoms. The maximum absolute atomic E-state index is 4.56. The SMILES string of the molecule is CSc1nc2ccc(NCc3ccc(Br)c(C)c3)cc2s1. The van der Waals surface area contributed by atoms with E-state index in [9.17, 15) is 0 Å². The summed E-state index contributed by atoms with van der Waals surface area (Å²) in [4.78, 5) is 4.56. The predicted octanol–water partition coefficient (Wildman–Crippen LogP) is 5.70. The molecule has 1 N–H and O–H groups in total. The number of anilines is 1. The molecule has 21 heavy (non-hydrogen) atoms. The Hall–Kier alpha value is -1.04. The van der Waals surface area contributed by atoms with Gasteiger partial charge >= 0.3 is 0 Å². The Morgan fingerprint density at radius 1 is 1.24 bits per heavy atom. The number of fused-ring (bicyclic) bond motifs is 1. The van der Waals surface area contributed by atoms with Crippen molar-refractivity contribution in [1.82, 2.24) is 4.98 Å². The summed E-state index contributed by atoms with van der Waals surface area (Å²) < 4.78 is 3.50. The van der Waals surface area contributed by atoms with Crippen molar-refractivity contribution in [3.05, 3.63) is 52.0 Å². The van der Waals surface area contributed by atoms with Crippen LogP contribution in [-0.2, 0) is 6.54 Å². The highest BCUT2D eigenvalue weighted by molar-refractivity contribution is 9.10. The van der Waals surface area contributed by atoms with Crippen LogP contribution in [0, 0.1) is 6.92 Å². The summed E-state index contributed by atoms with van der Waals surface area (Å²) in [6.07, 6.45) is 2.06. The Bertz CT molecular complexity index is 783. The molecule has 0 saturated carbocycles. The molecule has 0 bridgehead atoms. The zero-order valence-corrected chi connectivity index (χ0v) is 15.0. The molecule has 0 atom stereocenters. The summed E-state index contributed by atoms with van der Waals surface area (Å²) in [7, 11) is 0. The topological polar surface area (TPSA) is 24.9 Å². The van der Waals surface area contributed by atoms with Crippen molar-refractivity contribution in [1.29, 1.82) is 0 Å². The fourth-order valence-corrected chi connectivity index (χ4v) is 3.90. The number of aryl methyl sites for hydroxylation is 1. The van der Waals surface area contributed by atoms with Gasteiger partial charge in [0.2, 0.25) is 0 Å². The van der Waals surface area contributed by atoms with E-state index in [0.717, 1.165) is 26.6 Å². The molecule has 0 unspecified atom stereocenters. The van der Waals surface area contributed by atoms with Gasteiger partial charge in [0.1, 0.15) is 0 Å². The summed E-state index contributed by atoms with van der Waals surface area (Å²) in [6, 6.07) is 12.8. The fourth-order valence-electron chi connectivity index (χ4n) is 2.12. The third kappa shape index (κ3) is 3.42. The first-order valence-corrected chi connectivity index (χ1v) is 9.42. The number of hydrogen-bond acceptors (Lipinski definition) is 4. The fraction of sp³-hybridized carbons (Fsp3) is 0.188. The van der Waals surface area contributed by atoms with E-state index in [1.165, 1.54) is 15.8 Å². The molecule has 0 aliphatic rings. The first kappa shape index (κ1) is 14.9. The maximum atomic E-state index is 4.56. The molecular formula is C16H15BrN2S2. The molecule has 0 fully saturated rings. The Morgan fingerprint density at radius 3 is 2.86 bits per heavy atom. The molecule has 0 radical (unpaired) electrons. The van der Waals surface area contributed by atoms with Gasteiger partial charge in [-0.25, -0.2) is 4.98 Å². The number of benzene rings is 2. The molecule has 0 aliphatic heterocycles. The molecular weight excluding hydrogens is 364 g/mol. The zero-order valence-electron chi connectivity index (χ0n) is 11.8. The van der Waals surface area contributed by atoms with Crippen LogP contribution in [0.2, 0.25) is 0 Å². The summed E-state index contributed by atoms with van der Waals surface area (Å²) in [5.74, 6) is 0. The van der Waals surface area contributed by atoms with E-state index in [-0.39, 0.29) is 0 Å². The van der Waals surface area contributed by atoms with E-state index >= 15 is 0 Å². The van der Waals surface area contributed by atoms with Crippen LogP contribution < -0.4 is 5.32 Å². The number of nitrogens with one attached hydrogen (secondary N) is 1. The number of rotatable bonds is 4. The minimum atomic E-state index is 0.827. The average molecular weight is 379 g/mol. The van der Waals surface area contributed by atoms with E-state index < -0.39 is 0 Å². The van der Waals surface area contributed by atoms with Crippen molar-refractivity contribution in [2.45, 2.75) is 17.8 Å². The van der Waals surface area contributed by atoms with Gasteiger partial charge < -0.3 is 5.32 Å². The van der Waals surface area contributed by atoms with Crippen molar-refractivity contribution in [2.75, 3.05) is 11.6 Å². The van der Waals surface area contributed by atoms with Gasteiger partial charge in [-0.1, -0.05) is 39.8 Å². The molecule has 1 aromatic heterocycles. The van der Waals surface area contributed by atoms with Crippen molar-refractivity contribution >= 4 is 54.9 Å². The minimum Gasteiger partial charge on any atom is -0.381 e. The normalized spacial score (nSPS) is 11.0. The van der Waals surface area contributed by atoms with Crippen molar-refractivity contribution < 1.29 is 0 Å². The second kappa shape index (κ2) is 6.38. The van der Waals surface area contributed by atoms with E-state index in [4.69, 9.17) is 0 Å². The molecule has 3 aromatic rings. The van der Waals surface area contributed by atoms with Gasteiger partial charge in [-0.2, -0.15) is 0 Å². The van der Waals surface area contributed by atoms with Crippen LogP contribution in [0.1, 0.15) is 11.1 Å². The monoisotopic (exact) mass is 378 g/mol. The molecule has 0 amide bonds. The largest absolute Gasteiger partial charge is 0.381 e. The maximum Gasteiger partial charge on any atom is 0.150 e. The lowest BCUT2D eigenvalue weighted by atomic mass is 10.1. The van der Waals surface area contributed by atoms with Gasteiger partial charge in [0.25, 0.3) is 0 Å². The molecule has 0 saturated heterocycles. The van der Waals surface area contributed by atoms with E-state index in [1.54, 1.807) is 23.1 Å². The number of thiazole rings is 1. The zero-order chi connectivity index (χ0) is 14.8. The van der Waals surface area contributed by atoms with Gasteiger partial charge in [-0.15, -0.1) is 11.3 Å². The molecule has 2 aromatic carbocycles. The van der Waals surface area contributed by atoms with Crippen LogP contribution in [0.4, 0.5) is 5.69 Å². The second-order valence-electron chi connectivity index (χ2n) is 4.80. The molecule has 2 nitrogen and oxygen atoms in total. The summed E-state index contributed by atoms with van der Waals surface area (Å²) in [5.41, 5.74) is 4.76. The van der Waals surface area contributed by atoms with Gasteiger partial charge in [0.05, 0.1) is 10.2 Å². The minimum absolute atomic E-state index is 0.827. The lowest BCUT2D eigenvalue weighted by molar-refractivity contribution is 1.14. The quantitative estimate of drug-likeness (QED) is 0.589. The van der Waals surface area contributed by atoms with Crippen LogP contribution >= 0.6 is 39.0 Å². The second-order valence-corrected chi connectivity index (χ2v) is 7.74. The number of halogens is 1. The standard InChI is InChI=1S/C16H15BrN2S2/c1-10-7-11(3-5-13(10)17)9-18-12-4-6-14-15(8-12)21-16(19-14)20-2/h3-8,18H,9H2,1-2H3. The highest BCUT2D eigenvalue weighted by Gasteiger charge is 2.04. The Labute approximate surface area is 141 Å². The molecule has 5 heteroatoms. The summed E-state index contributed by atoms with van der Waals surface area (Å²) >= 11 is 6.97. The number of nitrogens with zero attached hydrogens (tertiary/aromatic N) is 1. The lowest BCUT2D eigenvalue weighted by Gasteiger charge is -2.08. The van der Waals surface area contributed by atoms with Crippen LogP contribution in [-0.4, -0.2) is 11.2 Å². The van der Waals surface area contributed by atoms with Crippen molar-refractivity contribution in [3.63, 3.8) is 0 Å². The van der Waals surface area contributed by atoms with Crippen molar-refractivity contribution in [3.8, 4) is 0 Å². The summed E-state index contributed by atoms with van der Waals surface area (Å²) in [5, 5.41) is 3.48. The Morgan fingerprint density at radius 2 is 2.10 bits per heavy atom. The third-order valence-corrected chi connectivity index (χ3v) is 6.16. The molecule has 1 heterocycles. The predicted molar refractivity (Wildman–Crippen MR) is 97.6 cm³/mol. The van der Waals surface area contributed by atoms with E-state index in [1.807, 2.05) is 0 Å². The summed E-state index contributed by atoms with van der Waals surface area (Å²) in [6.45, 7) is 2.94. The van der Waals surface area contributed by atoms with Gasteiger partial charge in [-0.3, -0.25) is 0 Å². The third-order valence-electron chi connectivity index (χ3n) is 3.26. The van der Waals surface area contributed by atoms with Crippen LogP contribution in [0.25, 0.3) is 10.2 Å². The average Bonchev–Trinajstić information content (AvgIpc) is 2.90.